The maximum Gasteiger partial charge on any atom is 0.327 e. The monoisotopic (exact) mass is 470 g/mol. The van der Waals surface area contributed by atoms with E-state index in [1.54, 1.807) is 32.2 Å². The van der Waals surface area contributed by atoms with Crippen molar-refractivity contribution in [1.29, 1.82) is 0 Å². The van der Waals surface area contributed by atoms with Crippen LogP contribution in [-0.4, -0.2) is 57.7 Å². The van der Waals surface area contributed by atoms with Gasteiger partial charge < -0.3 is 10.0 Å². The van der Waals surface area contributed by atoms with E-state index < -0.39 is 17.4 Å². The summed E-state index contributed by atoms with van der Waals surface area (Å²) in [6.45, 7) is 3.52. The summed E-state index contributed by atoms with van der Waals surface area (Å²) in [6.07, 6.45) is 5.03. The third kappa shape index (κ3) is 4.28. The van der Waals surface area contributed by atoms with Crippen molar-refractivity contribution in [2.24, 2.45) is 5.92 Å². The minimum atomic E-state index is -1.03. The summed E-state index contributed by atoms with van der Waals surface area (Å²) in [4.78, 5) is 53.5. The first-order valence-electron chi connectivity index (χ1n) is 11.5. The Morgan fingerprint density at radius 1 is 1.18 bits per heavy atom. The highest BCUT2D eigenvalue weighted by Crippen LogP contribution is 2.37. The fourth-order valence-corrected chi connectivity index (χ4v) is 6.10. The minimum Gasteiger partial charge on any atom is -0.481 e. The van der Waals surface area contributed by atoms with Crippen LogP contribution in [0.2, 0.25) is 0 Å². The van der Waals surface area contributed by atoms with Gasteiger partial charge in [-0.2, -0.15) is 0 Å². The molecule has 1 N–H and O–H groups in total. The molecule has 2 aliphatic rings. The third-order valence-corrected chi connectivity index (χ3v) is 8.37. The fraction of sp³-hybridized carbons (Fsp3) is 0.520. The number of hydrogen-bond donors (Lipinski definition) is 1. The molecule has 1 aliphatic heterocycles. The number of hydrogen-bond acceptors (Lipinski definition) is 5. The zero-order valence-electron chi connectivity index (χ0n) is 19.3. The molecule has 2 heterocycles. The quantitative estimate of drug-likeness (QED) is 0.453. The van der Waals surface area contributed by atoms with Gasteiger partial charge in [-0.1, -0.05) is 12.1 Å². The molecule has 0 bridgehead atoms. The number of thiophene rings is 1. The highest BCUT2D eigenvalue weighted by Gasteiger charge is 2.48. The number of aryl methyl sites for hydroxylation is 2. The first-order valence-corrected chi connectivity index (χ1v) is 12.3. The Kier molecular flexibility index (Phi) is 6.31. The molecule has 3 amide bonds. The number of likely N-dealkylation sites (N-methyl/N-ethyl adjacent to an activating group) is 1. The standard InChI is InChI=1S/C25H30N2O5S/c1-25(2)23(31)27(24(32)26(25)3)12-6-7-16(22(29)30)13-19(28)15-10-11-18-17-8-4-5-9-20(17)33-21(18)14-15/h10-11,14,16H,4-9,12-13H2,1-3H3,(H,29,30)/t16-/m0/s1. The van der Waals surface area contributed by atoms with Crippen molar-refractivity contribution in [3.05, 3.63) is 34.2 Å². The number of fused-ring (bicyclic) bond motifs is 3. The molecule has 7 nitrogen and oxygen atoms in total. The Balaban J connectivity index is 1.40. The van der Waals surface area contributed by atoms with Gasteiger partial charge >= 0.3 is 12.0 Å². The highest BCUT2D eigenvalue weighted by molar-refractivity contribution is 7.19. The van der Waals surface area contributed by atoms with Crippen LogP contribution in [0.1, 0.15) is 66.8 Å². The average molecular weight is 471 g/mol. The van der Waals surface area contributed by atoms with Gasteiger partial charge in [0.25, 0.3) is 5.91 Å². The minimum absolute atomic E-state index is 0.0980. The van der Waals surface area contributed by atoms with Gasteiger partial charge in [0.05, 0.1) is 5.92 Å². The van der Waals surface area contributed by atoms with E-state index in [4.69, 9.17) is 0 Å². The Morgan fingerprint density at radius 3 is 2.58 bits per heavy atom. The predicted molar refractivity (Wildman–Crippen MR) is 127 cm³/mol. The molecule has 176 valence electrons. The number of carbonyl (C=O) groups excluding carboxylic acids is 3. The van der Waals surface area contributed by atoms with Crippen LogP contribution < -0.4 is 0 Å². The van der Waals surface area contributed by atoms with Gasteiger partial charge in [0.2, 0.25) is 0 Å². The molecule has 0 saturated carbocycles. The second kappa shape index (κ2) is 8.89. The van der Waals surface area contributed by atoms with Crippen molar-refractivity contribution in [2.45, 2.75) is 64.3 Å². The van der Waals surface area contributed by atoms with Gasteiger partial charge in [-0.3, -0.25) is 19.3 Å². The molecule has 33 heavy (non-hydrogen) atoms. The molecular weight excluding hydrogens is 440 g/mol. The molecule has 1 fully saturated rings. The van der Waals surface area contributed by atoms with Gasteiger partial charge in [0.1, 0.15) is 5.54 Å². The van der Waals surface area contributed by atoms with E-state index in [9.17, 15) is 24.3 Å². The molecule has 0 spiro atoms. The summed E-state index contributed by atoms with van der Waals surface area (Å²) in [5.41, 5.74) is 1.04. The lowest BCUT2D eigenvalue weighted by atomic mass is 9.92. The van der Waals surface area contributed by atoms with Gasteiger partial charge in [-0.15, -0.1) is 11.3 Å². The topological polar surface area (TPSA) is 95.0 Å². The summed E-state index contributed by atoms with van der Waals surface area (Å²) < 4.78 is 1.09. The summed E-state index contributed by atoms with van der Waals surface area (Å²) in [5.74, 6) is -2.37. The number of carboxylic acids is 1. The lowest BCUT2D eigenvalue weighted by Gasteiger charge is -2.22. The molecule has 1 atom stereocenters. The maximum absolute atomic E-state index is 12.9. The van der Waals surface area contributed by atoms with Gasteiger partial charge in [0, 0.05) is 35.2 Å². The number of benzene rings is 1. The van der Waals surface area contributed by atoms with Crippen LogP contribution in [0.4, 0.5) is 4.79 Å². The van der Waals surface area contributed by atoms with Gasteiger partial charge in [0.15, 0.2) is 5.78 Å². The summed E-state index contributed by atoms with van der Waals surface area (Å²) >= 11 is 1.74. The van der Waals surface area contributed by atoms with E-state index in [2.05, 4.69) is 0 Å². The number of aliphatic carboxylic acids is 1. The van der Waals surface area contributed by atoms with Crippen molar-refractivity contribution in [1.82, 2.24) is 9.80 Å². The number of Topliss-reactive ketones (excluding diaryl/α,β-unsaturated/α-hetero) is 1. The van der Waals surface area contributed by atoms with Crippen LogP contribution in [0.3, 0.4) is 0 Å². The Morgan fingerprint density at radius 2 is 1.91 bits per heavy atom. The molecule has 2 aromatic rings. The van der Waals surface area contributed by atoms with Crippen molar-refractivity contribution in [2.75, 3.05) is 13.6 Å². The molecule has 4 rings (SSSR count). The molecule has 1 aromatic carbocycles. The number of ketones is 1. The van der Waals surface area contributed by atoms with E-state index in [1.807, 2.05) is 18.2 Å². The Labute approximate surface area is 197 Å². The number of imide groups is 1. The van der Waals surface area contributed by atoms with Crippen molar-refractivity contribution in [3.8, 4) is 0 Å². The highest BCUT2D eigenvalue weighted by atomic mass is 32.1. The fourth-order valence-electron chi connectivity index (χ4n) is 4.77. The zero-order valence-corrected chi connectivity index (χ0v) is 20.2. The van der Waals surface area contributed by atoms with Crippen LogP contribution in [0, 0.1) is 5.92 Å². The van der Waals surface area contributed by atoms with E-state index in [-0.39, 0.29) is 37.1 Å². The smallest absolute Gasteiger partial charge is 0.327 e. The Hall–Kier alpha value is -2.74. The second-order valence-corrected chi connectivity index (χ2v) is 10.7. The summed E-state index contributed by atoms with van der Waals surface area (Å²) in [6, 6.07) is 5.34. The van der Waals surface area contributed by atoms with Gasteiger partial charge in [-0.25, -0.2) is 4.79 Å². The lowest BCUT2D eigenvalue weighted by molar-refractivity contribution is -0.141. The first-order chi connectivity index (χ1) is 15.6. The van der Waals surface area contributed by atoms with E-state index in [0.717, 1.165) is 17.5 Å². The largest absolute Gasteiger partial charge is 0.481 e. The molecule has 8 heteroatoms. The number of nitrogens with zero attached hydrogens (tertiary/aromatic N) is 2. The molecule has 0 unspecified atom stereocenters. The van der Waals surface area contributed by atoms with Crippen molar-refractivity contribution >= 4 is 45.1 Å². The number of carboxylic acid groups (broad SMARTS) is 1. The summed E-state index contributed by atoms with van der Waals surface area (Å²) in [5, 5.41) is 10.9. The number of urea groups is 1. The number of amides is 3. The normalized spacial score (nSPS) is 18.6. The molecule has 0 radical (unpaired) electrons. The zero-order chi connectivity index (χ0) is 23.9. The maximum atomic E-state index is 12.9. The van der Waals surface area contributed by atoms with Crippen LogP contribution in [-0.2, 0) is 22.4 Å². The van der Waals surface area contributed by atoms with Crippen molar-refractivity contribution < 1.29 is 24.3 Å². The third-order valence-electron chi connectivity index (χ3n) is 7.12. The van der Waals surface area contributed by atoms with E-state index >= 15 is 0 Å². The number of carbonyl (C=O) groups is 4. The van der Waals surface area contributed by atoms with Crippen LogP contribution >= 0.6 is 11.3 Å². The molecule has 1 aromatic heterocycles. The average Bonchev–Trinajstić information content (AvgIpc) is 3.22. The predicted octanol–water partition coefficient (Wildman–Crippen LogP) is 4.51. The van der Waals surface area contributed by atoms with E-state index in [1.165, 1.54) is 38.5 Å². The van der Waals surface area contributed by atoms with Crippen LogP contribution in [0.5, 0.6) is 0 Å². The lowest BCUT2D eigenvalue weighted by Crippen LogP contribution is -2.41. The van der Waals surface area contributed by atoms with Gasteiger partial charge in [-0.05, 0) is 69.4 Å². The first kappa shape index (κ1) is 23.4. The molecule has 1 aliphatic carbocycles. The van der Waals surface area contributed by atoms with E-state index in [0.29, 0.717) is 12.0 Å². The second-order valence-electron chi connectivity index (χ2n) is 9.58. The van der Waals surface area contributed by atoms with Crippen LogP contribution in [0.15, 0.2) is 18.2 Å². The van der Waals surface area contributed by atoms with Crippen LogP contribution in [0.25, 0.3) is 10.1 Å². The number of rotatable bonds is 8. The Bertz CT molecular complexity index is 1140. The molecular formula is C25H30N2O5S. The SMILES string of the molecule is CN1C(=O)N(CCC[C@@H](CC(=O)c2ccc3c4c(sc3c2)CCCC4)C(=O)O)C(=O)C1(C)C. The summed E-state index contributed by atoms with van der Waals surface area (Å²) in [7, 11) is 1.58. The van der Waals surface area contributed by atoms with Crippen molar-refractivity contribution in [3.63, 3.8) is 0 Å². The molecule has 1 saturated heterocycles.